The summed E-state index contributed by atoms with van der Waals surface area (Å²) in [6.07, 6.45) is 2.96. The quantitative estimate of drug-likeness (QED) is 0.721. The number of rotatable bonds is 4. The first-order valence-electron chi connectivity index (χ1n) is 8.75. The summed E-state index contributed by atoms with van der Waals surface area (Å²) < 4.78 is 5.18. The number of piperidine rings is 1. The topological polar surface area (TPSA) is 75.4 Å². The molecule has 1 aliphatic heterocycles. The van der Waals surface area contributed by atoms with Crippen molar-refractivity contribution in [3.8, 4) is 10.6 Å². The van der Waals surface area contributed by atoms with E-state index in [1.165, 1.54) is 17.6 Å². The number of nitrogens with one attached hydrogen (secondary N) is 1. The molecule has 1 saturated heterocycles. The Morgan fingerprint density at radius 1 is 1.30 bits per heavy atom. The van der Waals surface area contributed by atoms with Crippen molar-refractivity contribution in [2.75, 3.05) is 13.1 Å². The first-order valence-corrected chi connectivity index (χ1v) is 10.5. The molecule has 3 aromatic heterocycles. The molecule has 6 nitrogen and oxygen atoms in total. The maximum absolute atomic E-state index is 12.7. The van der Waals surface area contributed by atoms with E-state index in [1.807, 2.05) is 23.8 Å². The monoisotopic (exact) mass is 401 g/mol. The lowest BCUT2D eigenvalue weighted by Gasteiger charge is -2.31. The average molecular weight is 402 g/mol. The molecule has 27 heavy (non-hydrogen) atoms. The average Bonchev–Trinajstić information content (AvgIpc) is 3.43. The second-order valence-electron chi connectivity index (χ2n) is 6.46. The molecular weight excluding hydrogens is 382 g/mol. The highest BCUT2D eigenvalue weighted by atomic mass is 32.1. The second-order valence-corrected chi connectivity index (χ2v) is 8.24. The summed E-state index contributed by atoms with van der Waals surface area (Å²) in [4.78, 5) is 32.0. The van der Waals surface area contributed by atoms with Gasteiger partial charge in [0.25, 0.3) is 11.8 Å². The minimum Gasteiger partial charge on any atom is -0.459 e. The smallest absolute Gasteiger partial charge is 0.289 e. The molecule has 0 unspecified atom stereocenters. The van der Waals surface area contributed by atoms with Gasteiger partial charge in [0.15, 0.2) is 5.76 Å². The summed E-state index contributed by atoms with van der Waals surface area (Å²) in [5, 5.41) is 8.01. The van der Waals surface area contributed by atoms with Crippen molar-refractivity contribution < 1.29 is 14.0 Å². The van der Waals surface area contributed by atoms with Crippen molar-refractivity contribution in [1.82, 2.24) is 15.2 Å². The number of carbonyl (C=O) groups is 2. The van der Waals surface area contributed by atoms with Crippen molar-refractivity contribution in [3.63, 3.8) is 0 Å². The van der Waals surface area contributed by atoms with Crippen molar-refractivity contribution in [1.29, 1.82) is 0 Å². The standard InChI is InChI=1S/C19H19N3O3S2/c1-12-16(27-18(20-12)13-6-10-26-11-13)17(23)21-14-4-7-22(8-5-14)19(24)15-3-2-9-25-15/h2-3,6,9-11,14H,4-5,7-8H2,1H3,(H,21,23). The third-order valence-electron chi connectivity index (χ3n) is 4.62. The van der Waals surface area contributed by atoms with E-state index in [0.717, 1.165) is 29.1 Å². The number of thiophene rings is 1. The van der Waals surface area contributed by atoms with Crippen LogP contribution in [0.1, 0.15) is 38.8 Å². The summed E-state index contributed by atoms with van der Waals surface area (Å²) in [5.41, 5.74) is 1.81. The Bertz CT molecular complexity index is 924. The zero-order valence-electron chi connectivity index (χ0n) is 14.8. The Morgan fingerprint density at radius 2 is 2.11 bits per heavy atom. The Balaban J connectivity index is 1.35. The molecule has 2 amide bonds. The van der Waals surface area contributed by atoms with Crippen LogP contribution in [0.25, 0.3) is 10.6 Å². The first-order chi connectivity index (χ1) is 13.1. The molecule has 4 rings (SSSR count). The molecule has 1 N–H and O–H groups in total. The van der Waals surface area contributed by atoms with E-state index in [0.29, 0.717) is 23.7 Å². The van der Waals surface area contributed by atoms with E-state index in [2.05, 4.69) is 10.3 Å². The van der Waals surface area contributed by atoms with Crippen LogP contribution in [0.2, 0.25) is 0 Å². The normalized spacial score (nSPS) is 15.1. The number of nitrogens with zero attached hydrogens (tertiary/aromatic N) is 2. The number of likely N-dealkylation sites (tertiary alicyclic amines) is 1. The van der Waals surface area contributed by atoms with Gasteiger partial charge in [-0.3, -0.25) is 9.59 Å². The van der Waals surface area contributed by atoms with Crippen molar-refractivity contribution in [2.45, 2.75) is 25.8 Å². The largest absolute Gasteiger partial charge is 0.459 e. The number of hydrogen-bond donors (Lipinski definition) is 1. The fraction of sp³-hybridized carbons (Fsp3) is 0.316. The number of aryl methyl sites for hydroxylation is 1. The van der Waals surface area contributed by atoms with Gasteiger partial charge in [0.05, 0.1) is 12.0 Å². The lowest BCUT2D eigenvalue weighted by atomic mass is 10.0. The van der Waals surface area contributed by atoms with Crippen LogP contribution in [0.3, 0.4) is 0 Å². The van der Waals surface area contributed by atoms with Gasteiger partial charge < -0.3 is 14.6 Å². The van der Waals surface area contributed by atoms with Gasteiger partial charge in [-0.15, -0.1) is 11.3 Å². The third-order valence-corrected chi connectivity index (χ3v) is 6.51. The molecule has 8 heteroatoms. The predicted molar refractivity (Wildman–Crippen MR) is 105 cm³/mol. The molecule has 0 spiro atoms. The number of carbonyl (C=O) groups excluding carboxylic acids is 2. The van der Waals surface area contributed by atoms with E-state index < -0.39 is 0 Å². The van der Waals surface area contributed by atoms with E-state index in [9.17, 15) is 9.59 Å². The van der Waals surface area contributed by atoms with Crippen LogP contribution in [-0.4, -0.2) is 40.8 Å². The second kappa shape index (κ2) is 7.66. The summed E-state index contributed by atoms with van der Waals surface area (Å²) in [6.45, 7) is 3.07. The van der Waals surface area contributed by atoms with Crippen molar-refractivity contribution in [2.24, 2.45) is 0 Å². The maximum atomic E-state index is 12.7. The number of amides is 2. The fourth-order valence-corrected chi connectivity index (χ4v) is 4.83. The van der Waals surface area contributed by atoms with Gasteiger partial charge in [-0.25, -0.2) is 4.98 Å². The maximum Gasteiger partial charge on any atom is 0.289 e. The number of furan rings is 1. The van der Waals surface area contributed by atoms with Gasteiger partial charge in [-0.2, -0.15) is 11.3 Å². The summed E-state index contributed by atoms with van der Waals surface area (Å²) in [7, 11) is 0. The third kappa shape index (κ3) is 3.81. The first kappa shape index (κ1) is 17.9. The van der Waals surface area contributed by atoms with Gasteiger partial charge in [0.1, 0.15) is 9.88 Å². The molecule has 1 fully saturated rings. The highest BCUT2D eigenvalue weighted by Crippen LogP contribution is 2.29. The van der Waals surface area contributed by atoms with Gasteiger partial charge in [-0.1, -0.05) is 0 Å². The Hall–Kier alpha value is -2.45. The number of aromatic nitrogens is 1. The van der Waals surface area contributed by atoms with Crippen LogP contribution >= 0.6 is 22.7 Å². The molecule has 0 radical (unpaired) electrons. The van der Waals surface area contributed by atoms with Crippen LogP contribution < -0.4 is 5.32 Å². The minimum atomic E-state index is -0.0940. The lowest BCUT2D eigenvalue weighted by Crippen LogP contribution is -2.46. The highest BCUT2D eigenvalue weighted by Gasteiger charge is 2.27. The van der Waals surface area contributed by atoms with Gasteiger partial charge >= 0.3 is 0 Å². The molecule has 3 aromatic rings. The Labute approximate surface area is 164 Å². The van der Waals surface area contributed by atoms with Crippen LogP contribution in [0.4, 0.5) is 0 Å². The molecule has 0 saturated carbocycles. The molecule has 0 aliphatic carbocycles. The molecule has 1 aliphatic rings. The van der Waals surface area contributed by atoms with E-state index in [1.54, 1.807) is 28.4 Å². The summed E-state index contributed by atoms with van der Waals surface area (Å²) >= 11 is 3.04. The van der Waals surface area contributed by atoms with E-state index in [4.69, 9.17) is 4.42 Å². The van der Waals surface area contributed by atoms with Crippen LogP contribution in [0, 0.1) is 6.92 Å². The van der Waals surface area contributed by atoms with Gasteiger partial charge in [0.2, 0.25) is 0 Å². The molecule has 0 atom stereocenters. The van der Waals surface area contributed by atoms with E-state index in [-0.39, 0.29) is 17.9 Å². The zero-order chi connectivity index (χ0) is 18.8. The number of thiazole rings is 1. The Kier molecular flexibility index (Phi) is 5.09. The highest BCUT2D eigenvalue weighted by molar-refractivity contribution is 7.17. The van der Waals surface area contributed by atoms with Gasteiger partial charge in [0, 0.05) is 30.1 Å². The molecule has 140 valence electrons. The molecule has 0 bridgehead atoms. The SMILES string of the molecule is Cc1nc(-c2ccsc2)sc1C(=O)NC1CCN(C(=O)c2ccco2)CC1. The van der Waals surface area contributed by atoms with E-state index >= 15 is 0 Å². The zero-order valence-corrected chi connectivity index (χ0v) is 16.4. The number of hydrogen-bond acceptors (Lipinski definition) is 6. The van der Waals surface area contributed by atoms with Crippen molar-refractivity contribution >= 4 is 34.5 Å². The Morgan fingerprint density at radius 3 is 2.78 bits per heavy atom. The van der Waals surface area contributed by atoms with Crippen molar-refractivity contribution in [3.05, 3.63) is 51.6 Å². The van der Waals surface area contributed by atoms with Crippen LogP contribution in [0.5, 0.6) is 0 Å². The summed E-state index contributed by atoms with van der Waals surface area (Å²) in [5.74, 6) is 0.185. The predicted octanol–water partition coefficient (Wildman–Crippen LogP) is 3.81. The van der Waals surface area contributed by atoms with Gasteiger partial charge in [-0.05, 0) is 43.3 Å². The van der Waals surface area contributed by atoms with Crippen LogP contribution in [0.15, 0.2) is 39.6 Å². The minimum absolute atomic E-state index is 0.0595. The molecule has 4 heterocycles. The molecule has 0 aromatic carbocycles. The lowest BCUT2D eigenvalue weighted by molar-refractivity contribution is 0.0667. The van der Waals surface area contributed by atoms with Crippen LogP contribution in [-0.2, 0) is 0 Å². The fourth-order valence-electron chi connectivity index (χ4n) is 3.15. The molecular formula is C19H19N3O3S2. The summed E-state index contributed by atoms with van der Waals surface area (Å²) in [6, 6.07) is 5.45.